The molecule has 0 saturated carbocycles. The van der Waals surface area contributed by atoms with Gasteiger partial charge in [0.05, 0.1) is 0 Å². The highest BCUT2D eigenvalue weighted by atomic mass is 16.1. The van der Waals surface area contributed by atoms with Crippen LogP contribution in [0.4, 0.5) is 0 Å². The number of hydrogen-bond donors (Lipinski definition) is 2. The molecule has 96 valence electrons. The average Bonchev–Trinajstić information content (AvgIpc) is 2.14. The number of hydrogen-bond acceptors (Lipinski definition) is 2. The SMILES string of the molecule is CNCC(C)(C)CNC(=O)CCCC(C)C. The van der Waals surface area contributed by atoms with Crippen LogP contribution in [-0.2, 0) is 4.79 Å². The molecule has 2 N–H and O–H groups in total. The molecule has 0 aliphatic carbocycles. The van der Waals surface area contributed by atoms with Crippen molar-refractivity contribution in [3.05, 3.63) is 0 Å². The summed E-state index contributed by atoms with van der Waals surface area (Å²) in [6.07, 6.45) is 2.79. The molecule has 16 heavy (non-hydrogen) atoms. The van der Waals surface area contributed by atoms with Gasteiger partial charge in [0.1, 0.15) is 0 Å². The molecule has 0 atom stereocenters. The van der Waals surface area contributed by atoms with Crippen molar-refractivity contribution in [3.8, 4) is 0 Å². The van der Waals surface area contributed by atoms with E-state index in [9.17, 15) is 4.79 Å². The van der Waals surface area contributed by atoms with Gasteiger partial charge in [-0.05, 0) is 24.8 Å². The standard InChI is InChI=1S/C13H28N2O/c1-11(2)7-6-8-12(16)15-10-13(3,4)9-14-5/h11,14H,6-10H2,1-5H3,(H,15,16). The Labute approximate surface area is 100 Å². The summed E-state index contributed by atoms with van der Waals surface area (Å²) in [5, 5.41) is 6.14. The first-order valence-electron chi connectivity index (χ1n) is 6.28. The fourth-order valence-corrected chi connectivity index (χ4v) is 1.64. The minimum absolute atomic E-state index is 0.127. The van der Waals surface area contributed by atoms with Crippen molar-refractivity contribution in [2.45, 2.75) is 47.0 Å². The molecule has 0 aromatic rings. The second-order valence-electron chi connectivity index (χ2n) is 5.76. The van der Waals surface area contributed by atoms with Crippen molar-refractivity contribution in [2.24, 2.45) is 11.3 Å². The van der Waals surface area contributed by atoms with Gasteiger partial charge in [-0.15, -0.1) is 0 Å². The molecule has 0 heterocycles. The monoisotopic (exact) mass is 228 g/mol. The van der Waals surface area contributed by atoms with E-state index < -0.39 is 0 Å². The van der Waals surface area contributed by atoms with E-state index in [-0.39, 0.29) is 11.3 Å². The van der Waals surface area contributed by atoms with Crippen LogP contribution in [0.25, 0.3) is 0 Å². The molecule has 3 nitrogen and oxygen atoms in total. The Morgan fingerprint density at radius 1 is 1.25 bits per heavy atom. The van der Waals surface area contributed by atoms with Crippen molar-refractivity contribution >= 4 is 5.91 Å². The van der Waals surface area contributed by atoms with Crippen molar-refractivity contribution in [1.82, 2.24) is 10.6 Å². The lowest BCUT2D eigenvalue weighted by Crippen LogP contribution is -2.39. The molecule has 0 aromatic carbocycles. The molecule has 0 fully saturated rings. The molecule has 0 unspecified atom stereocenters. The first-order chi connectivity index (χ1) is 7.37. The zero-order chi connectivity index (χ0) is 12.6. The molecular weight excluding hydrogens is 200 g/mol. The van der Waals surface area contributed by atoms with Gasteiger partial charge < -0.3 is 10.6 Å². The van der Waals surface area contributed by atoms with Gasteiger partial charge in [0.25, 0.3) is 0 Å². The van der Waals surface area contributed by atoms with E-state index >= 15 is 0 Å². The van der Waals surface area contributed by atoms with E-state index in [1.54, 1.807) is 0 Å². The van der Waals surface area contributed by atoms with Crippen molar-refractivity contribution in [2.75, 3.05) is 20.1 Å². The summed E-state index contributed by atoms with van der Waals surface area (Å²) < 4.78 is 0. The van der Waals surface area contributed by atoms with Gasteiger partial charge in [-0.2, -0.15) is 0 Å². The third kappa shape index (κ3) is 8.72. The highest BCUT2D eigenvalue weighted by molar-refractivity contribution is 5.75. The minimum atomic E-state index is 0.127. The van der Waals surface area contributed by atoms with E-state index in [4.69, 9.17) is 0 Å². The molecule has 0 rings (SSSR count). The average molecular weight is 228 g/mol. The molecule has 0 spiro atoms. The quantitative estimate of drug-likeness (QED) is 0.668. The predicted octanol–water partition coefficient (Wildman–Crippen LogP) is 2.17. The molecule has 0 aliphatic heterocycles. The number of nitrogens with one attached hydrogen (secondary N) is 2. The predicted molar refractivity (Wildman–Crippen MR) is 69.4 cm³/mol. The molecule has 0 radical (unpaired) electrons. The van der Waals surface area contributed by atoms with E-state index in [2.05, 4.69) is 38.3 Å². The topological polar surface area (TPSA) is 41.1 Å². The zero-order valence-corrected chi connectivity index (χ0v) is 11.5. The van der Waals surface area contributed by atoms with Gasteiger partial charge in [0.2, 0.25) is 5.91 Å². The van der Waals surface area contributed by atoms with Gasteiger partial charge in [-0.1, -0.05) is 34.1 Å². The van der Waals surface area contributed by atoms with Crippen LogP contribution < -0.4 is 10.6 Å². The Morgan fingerprint density at radius 2 is 1.88 bits per heavy atom. The fraction of sp³-hybridized carbons (Fsp3) is 0.923. The summed E-state index contributed by atoms with van der Waals surface area (Å²) in [4.78, 5) is 11.5. The maximum absolute atomic E-state index is 11.5. The van der Waals surface area contributed by atoms with Crippen LogP contribution in [0.2, 0.25) is 0 Å². The van der Waals surface area contributed by atoms with E-state index in [0.717, 1.165) is 25.9 Å². The van der Waals surface area contributed by atoms with Gasteiger partial charge in [-0.25, -0.2) is 0 Å². The van der Waals surface area contributed by atoms with Crippen molar-refractivity contribution in [1.29, 1.82) is 0 Å². The lowest BCUT2D eigenvalue weighted by Gasteiger charge is -2.24. The summed E-state index contributed by atoms with van der Waals surface area (Å²) >= 11 is 0. The molecule has 0 bridgehead atoms. The minimum Gasteiger partial charge on any atom is -0.356 e. The molecule has 3 heteroatoms. The Kier molecular flexibility index (Phi) is 7.39. The summed E-state index contributed by atoms with van der Waals surface area (Å²) in [5.41, 5.74) is 0.127. The van der Waals surface area contributed by atoms with Gasteiger partial charge >= 0.3 is 0 Å². The summed E-state index contributed by atoms with van der Waals surface area (Å²) in [7, 11) is 1.94. The van der Waals surface area contributed by atoms with Crippen LogP contribution >= 0.6 is 0 Å². The van der Waals surface area contributed by atoms with Gasteiger partial charge in [0, 0.05) is 19.5 Å². The summed E-state index contributed by atoms with van der Waals surface area (Å²) in [6, 6.07) is 0. The largest absolute Gasteiger partial charge is 0.356 e. The molecule has 0 aromatic heterocycles. The van der Waals surface area contributed by atoms with Gasteiger partial charge in [-0.3, -0.25) is 4.79 Å². The Morgan fingerprint density at radius 3 is 2.38 bits per heavy atom. The van der Waals surface area contributed by atoms with Gasteiger partial charge in [0.15, 0.2) is 0 Å². The normalized spacial score (nSPS) is 11.9. The van der Waals surface area contributed by atoms with Crippen molar-refractivity contribution in [3.63, 3.8) is 0 Å². The third-order valence-electron chi connectivity index (χ3n) is 2.60. The van der Waals surface area contributed by atoms with E-state index in [1.807, 2.05) is 7.05 Å². The van der Waals surface area contributed by atoms with E-state index in [1.165, 1.54) is 0 Å². The molecule has 1 amide bonds. The Hall–Kier alpha value is -0.570. The van der Waals surface area contributed by atoms with Crippen LogP contribution in [0.15, 0.2) is 0 Å². The van der Waals surface area contributed by atoms with Crippen molar-refractivity contribution < 1.29 is 4.79 Å². The van der Waals surface area contributed by atoms with Crippen LogP contribution in [0.3, 0.4) is 0 Å². The smallest absolute Gasteiger partial charge is 0.220 e. The lowest BCUT2D eigenvalue weighted by molar-refractivity contribution is -0.121. The number of carbonyl (C=O) groups excluding carboxylic acids is 1. The number of carbonyl (C=O) groups is 1. The molecule has 0 aliphatic rings. The Balaban J connectivity index is 3.64. The highest BCUT2D eigenvalue weighted by Crippen LogP contribution is 2.11. The summed E-state index contributed by atoms with van der Waals surface area (Å²) in [5.74, 6) is 0.873. The fourth-order valence-electron chi connectivity index (χ4n) is 1.64. The first kappa shape index (κ1) is 15.4. The molecular formula is C13H28N2O. The second kappa shape index (κ2) is 7.66. The molecule has 0 saturated heterocycles. The van der Waals surface area contributed by atoms with Crippen LogP contribution in [0.5, 0.6) is 0 Å². The van der Waals surface area contributed by atoms with Crippen LogP contribution in [-0.4, -0.2) is 26.0 Å². The van der Waals surface area contributed by atoms with Crippen LogP contribution in [0.1, 0.15) is 47.0 Å². The first-order valence-corrected chi connectivity index (χ1v) is 6.28. The lowest BCUT2D eigenvalue weighted by atomic mass is 9.93. The highest BCUT2D eigenvalue weighted by Gasteiger charge is 2.17. The second-order valence-corrected chi connectivity index (χ2v) is 5.76. The number of rotatable bonds is 8. The summed E-state index contributed by atoms with van der Waals surface area (Å²) in [6.45, 7) is 10.3. The maximum atomic E-state index is 11.5. The van der Waals surface area contributed by atoms with E-state index in [0.29, 0.717) is 12.3 Å². The third-order valence-corrected chi connectivity index (χ3v) is 2.60. The Bertz CT molecular complexity index is 200. The van der Waals surface area contributed by atoms with Crippen LogP contribution in [0, 0.1) is 11.3 Å². The number of amides is 1. The maximum Gasteiger partial charge on any atom is 0.220 e. The zero-order valence-electron chi connectivity index (χ0n) is 11.5.